The molecule has 1 saturated carbocycles. The number of anilines is 1. The van der Waals surface area contributed by atoms with Gasteiger partial charge in [-0.1, -0.05) is 25.8 Å². The molecule has 0 spiro atoms. The van der Waals surface area contributed by atoms with Crippen LogP contribution in [0.5, 0.6) is 0 Å². The maximum absolute atomic E-state index is 13.7. The average Bonchev–Trinajstić information content (AvgIpc) is 2.33. The number of rotatable bonds is 2. The minimum atomic E-state index is -0.889. The number of nitrogens with two attached hydrogens (primary N) is 1. The van der Waals surface area contributed by atoms with E-state index >= 15 is 0 Å². The second-order valence-corrected chi connectivity index (χ2v) is 6.26. The summed E-state index contributed by atoms with van der Waals surface area (Å²) in [5.74, 6) is -0.339. The number of amides is 1. The average molecular weight is 329 g/mol. The Labute approximate surface area is 120 Å². The van der Waals surface area contributed by atoms with Crippen LogP contribution in [0.1, 0.15) is 32.6 Å². The van der Waals surface area contributed by atoms with Gasteiger partial charge < -0.3 is 11.1 Å². The van der Waals surface area contributed by atoms with Crippen LogP contribution in [0, 0.1) is 11.7 Å². The van der Waals surface area contributed by atoms with E-state index in [1.807, 2.05) is 0 Å². The molecule has 1 aromatic rings. The van der Waals surface area contributed by atoms with Crippen molar-refractivity contribution in [2.45, 2.75) is 38.1 Å². The molecule has 1 aliphatic carbocycles. The highest BCUT2D eigenvalue weighted by molar-refractivity contribution is 9.10. The number of carbonyl (C=O) groups excluding carboxylic acids is 1. The van der Waals surface area contributed by atoms with Crippen molar-refractivity contribution < 1.29 is 9.18 Å². The Morgan fingerprint density at radius 2 is 2.32 bits per heavy atom. The van der Waals surface area contributed by atoms with E-state index < -0.39 is 11.4 Å². The van der Waals surface area contributed by atoms with Gasteiger partial charge >= 0.3 is 0 Å². The van der Waals surface area contributed by atoms with Gasteiger partial charge in [0.25, 0.3) is 0 Å². The summed E-state index contributed by atoms with van der Waals surface area (Å²) in [7, 11) is 0. The molecule has 0 saturated heterocycles. The smallest absolute Gasteiger partial charge is 0.244 e. The fraction of sp³-hybridized carbons (Fsp3) is 0.500. The molecule has 1 amide bonds. The summed E-state index contributed by atoms with van der Waals surface area (Å²) in [6, 6.07) is 4.58. The number of carbonyl (C=O) groups is 1. The van der Waals surface area contributed by atoms with Crippen LogP contribution < -0.4 is 11.1 Å². The monoisotopic (exact) mass is 328 g/mol. The lowest BCUT2D eigenvalue weighted by molar-refractivity contribution is -0.122. The van der Waals surface area contributed by atoms with Gasteiger partial charge in [-0.2, -0.15) is 0 Å². The van der Waals surface area contributed by atoms with Crippen LogP contribution in [0.3, 0.4) is 0 Å². The molecule has 3 N–H and O–H groups in total. The van der Waals surface area contributed by atoms with E-state index in [0.717, 1.165) is 12.8 Å². The van der Waals surface area contributed by atoms with E-state index in [2.05, 4.69) is 28.2 Å². The van der Waals surface area contributed by atoms with Crippen LogP contribution in [0.25, 0.3) is 0 Å². The van der Waals surface area contributed by atoms with Gasteiger partial charge in [0.2, 0.25) is 5.91 Å². The third-order valence-electron chi connectivity index (χ3n) is 3.69. The zero-order valence-electron chi connectivity index (χ0n) is 10.9. The lowest BCUT2D eigenvalue weighted by Gasteiger charge is -2.35. The first-order valence-corrected chi connectivity index (χ1v) is 7.26. The highest BCUT2D eigenvalue weighted by Gasteiger charge is 2.38. The Morgan fingerprint density at radius 3 is 2.95 bits per heavy atom. The highest BCUT2D eigenvalue weighted by atomic mass is 79.9. The molecule has 0 aromatic heterocycles. The van der Waals surface area contributed by atoms with Crippen molar-refractivity contribution in [3.63, 3.8) is 0 Å². The van der Waals surface area contributed by atoms with E-state index in [1.54, 1.807) is 12.1 Å². The number of hydrogen-bond acceptors (Lipinski definition) is 2. The zero-order chi connectivity index (χ0) is 14.0. The molecule has 0 radical (unpaired) electrons. The minimum Gasteiger partial charge on any atom is -0.321 e. The molecular formula is C14H18BrFN2O. The first-order valence-electron chi connectivity index (χ1n) is 6.47. The molecule has 0 heterocycles. The minimum absolute atomic E-state index is 0.163. The Balaban J connectivity index is 2.17. The maximum atomic E-state index is 13.7. The SMILES string of the molecule is CC1CCCC(N)(C(=O)Nc2c(F)cccc2Br)C1. The van der Waals surface area contributed by atoms with Crippen molar-refractivity contribution in [2.24, 2.45) is 11.7 Å². The molecule has 3 nitrogen and oxygen atoms in total. The summed E-state index contributed by atoms with van der Waals surface area (Å²) in [4.78, 5) is 12.3. The Kier molecular flexibility index (Phi) is 4.26. The molecule has 2 unspecified atom stereocenters. The second-order valence-electron chi connectivity index (χ2n) is 5.41. The van der Waals surface area contributed by atoms with Gasteiger partial charge in [-0.3, -0.25) is 4.79 Å². The lowest BCUT2D eigenvalue weighted by Crippen LogP contribution is -2.53. The summed E-state index contributed by atoms with van der Waals surface area (Å²) < 4.78 is 14.2. The predicted molar refractivity (Wildman–Crippen MR) is 77.3 cm³/mol. The van der Waals surface area contributed by atoms with Crippen LogP contribution >= 0.6 is 15.9 Å². The number of hydrogen-bond donors (Lipinski definition) is 2. The van der Waals surface area contributed by atoms with Crippen molar-refractivity contribution in [1.29, 1.82) is 0 Å². The van der Waals surface area contributed by atoms with Crippen LogP contribution in [0.2, 0.25) is 0 Å². The summed E-state index contributed by atoms with van der Waals surface area (Å²) in [6.07, 6.45) is 3.32. The molecule has 0 bridgehead atoms. The van der Waals surface area contributed by atoms with Gasteiger partial charge in [-0.15, -0.1) is 0 Å². The van der Waals surface area contributed by atoms with E-state index in [1.165, 1.54) is 6.07 Å². The molecular weight excluding hydrogens is 311 g/mol. The van der Waals surface area contributed by atoms with Crippen molar-refractivity contribution in [3.8, 4) is 0 Å². The van der Waals surface area contributed by atoms with Crippen LogP contribution in [-0.2, 0) is 4.79 Å². The molecule has 104 valence electrons. The fourth-order valence-corrected chi connectivity index (χ4v) is 3.09. The second kappa shape index (κ2) is 5.59. The molecule has 1 aliphatic rings. The fourth-order valence-electron chi connectivity index (χ4n) is 2.65. The number of nitrogens with one attached hydrogen (secondary N) is 1. The Bertz CT molecular complexity index is 474. The van der Waals surface area contributed by atoms with Gasteiger partial charge in [-0.05, 0) is 46.8 Å². The Morgan fingerprint density at radius 1 is 1.58 bits per heavy atom. The highest BCUT2D eigenvalue weighted by Crippen LogP contribution is 2.32. The molecule has 1 fully saturated rings. The largest absolute Gasteiger partial charge is 0.321 e. The molecule has 5 heteroatoms. The maximum Gasteiger partial charge on any atom is 0.244 e. The topological polar surface area (TPSA) is 55.1 Å². The van der Waals surface area contributed by atoms with Crippen LogP contribution in [0.4, 0.5) is 10.1 Å². The quantitative estimate of drug-likeness (QED) is 0.873. The number of para-hydroxylation sites is 1. The third-order valence-corrected chi connectivity index (χ3v) is 4.35. The van der Waals surface area contributed by atoms with Crippen molar-refractivity contribution in [1.82, 2.24) is 0 Å². The van der Waals surface area contributed by atoms with Gasteiger partial charge in [0, 0.05) is 4.47 Å². The van der Waals surface area contributed by atoms with Gasteiger partial charge in [0.1, 0.15) is 5.82 Å². The standard InChI is InChI=1S/C14H18BrFN2O/c1-9-4-3-7-14(17,8-9)13(19)18-12-10(15)5-2-6-11(12)16/h2,5-6,9H,3-4,7-8,17H2,1H3,(H,18,19). The van der Waals surface area contributed by atoms with Crippen molar-refractivity contribution in [2.75, 3.05) is 5.32 Å². The van der Waals surface area contributed by atoms with E-state index in [9.17, 15) is 9.18 Å². The van der Waals surface area contributed by atoms with E-state index in [0.29, 0.717) is 23.2 Å². The van der Waals surface area contributed by atoms with Crippen molar-refractivity contribution in [3.05, 3.63) is 28.5 Å². The molecule has 2 atom stereocenters. The van der Waals surface area contributed by atoms with E-state index in [4.69, 9.17) is 5.73 Å². The van der Waals surface area contributed by atoms with Crippen LogP contribution in [0.15, 0.2) is 22.7 Å². The van der Waals surface area contributed by atoms with E-state index in [-0.39, 0.29) is 11.6 Å². The number of benzene rings is 1. The van der Waals surface area contributed by atoms with Gasteiger partial charge in [0.15, 0.2) is 0 Å². The summed E-state index contributed by atoms with van der Waals surface area (Å²) in [6.45, 7) is 2.09. The predicted octanol–water partition coefficient (Wildman–Crippen LogP) is 3.43. The molecule has 19 heavy (non-hydrogen) atoms. The normalized spacial score (nSPS) is 27.1. The lowest BCUT2D eigenvalue weighted by atomic mass is 9.76. The third kappa shape index (κ3) is 3.15. The first-order chi connectivity index (χ1) is 8.92. The molecule has 2 rings (SSSR count). The van der Waals surface area contributed by atoms with Crippen molar-refractivity contribution >= 4 is 27.5 Å². The van der Waals surface area contributed by atoms with Gasteiger partial charge in [-0.25, -0.2) is 4.39 Å². The van der Waals surface area contributed by atoms with Crippen LogP contribution in [-0.4, -0.2) is 11.4 Å². The molecule has 0 aliphatic heterocycles. The summed E-state index contributed by atoms with van der Waals surface area (Å²) in [5.41, 5.74) is 5.46. The summed E-state index contributed by atoms with van der Waals surface area (Å²) >= 11 is 3.23. The molecule has 1 aromatic carbocycles. The summed E-state index contributed by atoms with van der Waals surface area (Å²) in [5, 5.41) is 2.62. The first kappa shape index (κ1) is 14.5. The number of halogens is 2. The Hall–Kier alpha value is -0.940. The van der Waals surface area contributed by atoms with Gasteiger partial charge in [0.05, 0.1) is 11.2 Å². The zero-order valence-corrected chi connectivity index (χ0v) is 12.5.